The highest BCUT2D eigenvalue weighted by Crippen LogP contribution is 2.41. The Kier molecular flexibility index (Phi) is 4.88. The second kappa shape index (κ2) is 7.68. The van der Waals surface area contributed by atoms with Gasteiger partial charge in [0.05, 0.1) is 6.10 Å². The fourth-order valence-electron chi connectivity index (χ4n) is 5.26. The normalized spacial score (nSPS) is 25.2. The standard InChI is InChI=1S/C25H28N2O2/c1-17(18-5-7-22(28)8-6-18)14-27-15-20-11-23(12-21(20)16-27)29-25-4-2-3-19-13-26-10-9-24(19)25/h2-10,13,17,20-21,23,28H,11-12,14-16H2,1H3/t17?,20-,21+,23?. The first-order valence-electron chi connectivity index (χ1n) is 10.7. The van der Waals surface area contributed by atoms with Crippen LogP contribution in [-0.4, -0.2) is 40.7 Å². The van der Waals surface area contributed by atoms with Gasteiger partial charge < -0.3 is 14.7 Å². The van der Waals surface area contributed by atoms with Gasteiger partial charge in [-0.05, 0) is 60.4 Å². The Morgan fingerprint density at radius 2 is 1.83 bits per heavy atom. The van der Waals surface area contributed by atoms with Gasteiger partial charge in [-0.2, -0.15) is 0 Å². The summed E-state index contributed by atoms with van der Waals surface area (Å²) in [6, 6.07) is 15.9. The van der Waals surface area contributed by atoms with Gasteiger partial charge >= 0.3 is 0 Å². The molecule has 2 fully saturated rings. The van der Waals surface area contributed by atoms with Crippen molar-refractivity contribution in [3.8, 4) is 11.5 Å². The van der Waals surface area contributed by atoms with Crippen molar-refractivity contribution in [1.82, 2.24) is 9.88 Å². The van der Waals surface area contributed by atoms with Gasteiger partial charge in [0.1, 0.15) is 11.5 Å². The quantitative estimate of drug-likeness (QED) is 0.680. The van der Waals surface area contributed by atoms with Crippen molar-refractivity contribution in [2.45, 2.75) is 31.8 Å². The van der Waals surface area contributed by atoms with E-state index in [-0.39, 0.29) is 0 Å². The van der Waals surface area contributed by atoms with E-state index in [1.807, 2.05) is 30.6 Å². The number of phenolic OH excluding ortho intramolecular Hbond substituents is 1. The Labute approximate surface area is 172 Å². The Bertz CT molecular complexity index is 968. The molecule has 1 aliphatic carbocycles. The van der Waals surface area contributed by atoms with E-state index in [9.17, 15) is 5.11 Å². The summed E-state index contributed by atoms with van der Waals surface area (Å²) in [7, 11) is 0. The van der Waals surface area contributed by atoms with Gasteiger partial charge in [-0.25, -0.2) is 0 Å². The number of benzene rings is 2. The molecule has 29 heavy (non-hydrogen) atoms. The monoisotopic (exact) mass is 388 g/mol. The number of ether oxygens (including phenoxy) is 1. The molecule has 0 radical (unpaired) electrons. The number of likely N-dealkylation sites (tertiary alicyclic amines) is 1. The molecule has 2 aromatic carbocycles. The van der Waals surface area contributed by atoms with Crippen LogP contribution in [0, 0.1) is 11.8 Å². The lowest BCUT2D eigenvalue weighted by molar-refractivity contribution is 0.186. The summed E-state index contributed by atoms with van der Waals surface area (Å²) in [5.74, 6) is 3.29. The van der Waals surface area contributed by atoms with Crippen LogP contribution in [0.2, 0.25) is 0 Å². The zero-order valence-electron chi connectivity index (χ0n) is 16.9. The first-order chi connectivity index (χ1) is 14.2. The second-order valence-electron chi connectivity index (χ2n) is 8.80. The summed E-state index contributed by atoms with van der Waals surface area (Å²) in [6.07, 6.45) is 6.36. The van der Waals surface area contributed by atoms with Crippen molar-refractivity contribution in [2.24, 2.45) is 11.8 Å². The molecule has 5 rings (SSSR count). The SMILES string of the molecule is CC(CN1C[C@H]2CC(Oc3cccc4cnccc34)C[C@H]2C1)c1ccc(O)cc1. The van der Waals surface area contributed by atoms with Gasteiger partial charge in [0.2, 0.25) is 0 Å². The fraction of sp³-hybridized carbons (Fsp3) is 0.400. The number of fused-ring (bicyclic) bond motifs is 2. The van der Waals surface area contributed by atoms with Crippen LogP contribution >= 0.6 is 0 Å². The number of nitrogens with zero attached hydrogens (tertiary/aromatic N) is 2. The average Bonchev–Trinajstić information content (AvgIpc) is 3.26. The summed E-state index contributed by atoms with van der Waals surface area (Å²) in [4.78, 5) is 6.83. The van der Waals surface area contributed by atoms with Crippen LogP contribution < -0.4 is 4.74 Å². The van der Waals surface area contributed by atoms with Gasteiger partial charge in [0.25, 0.3) is 0 Å². The predicted octanol–water partition coefficient (Wildman–Crippen LogP) is 4.83. The molecule has 3 aromatic rings. The molecular formula is C25H28N2O2. The highest BCUT2D eigenvalue weighted by Gasteiger charge is 2.42. The van der Waals surface area contributed by atoms with Crippen LogP contribution in [0.15, 0.2) is 60.9 Å². The van der Waals surface area contributed by atoms with Crippen molar-refractivity contribution < 1.29 is 9.84 Å². The summed E-state index contributed by atoms with van der Waals surface area (Å²) in [5.41, 5.74) is 1.30. The molecule has 1 N–H and O–H groups in total. The highest BCUT2D eigenvalue weighted by molar-refractivity contribution is 5.87. The summed E-state index contributed by atoms with van der Waals surface area (Å²) in [5, 5.41) is 11.8. The number of aromatic hydroxyl groups is 1. The molecule has 4 atom stereocenters. The molecule has 0 spiro atoms. The Morgan fingerprint density at radius 3 is 2.59 bits per heavy atom. The van der Waals surface area contributed by atoms with E-state index in [0.29, 0.717) is 17.8 Å². The molecule has 1 saturated heterocycles. The predicted molar refractivity (Wildman–Crippen MR) is 115 cm³/mol. The van der Waals surface area contributed by atoms with E-state index in [0.717, 1.165) is 47.7 Å². The molecular weight excluding hydrogens is 360 g/mol. The van der Waals surface area contributed by atoms with Crippen LogP contribution in [0.3, 0.4) is 0 Å². The zero-order chi connectivity index (χ0) is 19.8. The Morgan fingerprint density at radius 1 is 1.07 bits per heavy atom. The fourth-order valence-corrected chi connectivity index (χ4v) is 5.26. The maximum atomic E-state index is 9.50. The molecule has 150 valence electrons. The molecule has 2 heterocycles. The van der Waals surface area contributed by atoms with Crippen molar-refractivity contribution in [2.75, 3.05) is 19.6 Å². The zero-order valence-corrected chi connectivity index (χ0v) is 16.9. The van der Waals surface area contributed by atoms with Gasteiger partial charge in [0, 0.05) is 42.8 Å². The lowest BCUT2D eigenvalue weighted by Gasteiger charge is -2.23. The number of rotatable bonds is 5. The number of pyridine rings is 1. The van der Waals surface area contributed by atoms with Crippen LogP contribution in [0.4, 0.5) is 0 Å². The first kappa shape index (κ1) is 18.4. The molecule has 0 amide bonds. The van der Waals surface area contributed by atoms with Crippen molar-refractivity contribution in [3.05, 3.63) is 66.5 Å². The molecule has 2 unspecified atom stereocenters. The van der Waals surface area contributed by atoms with E-state index < -0.39 is 0 Å². The van der Waals surface area contributed by atoms with Crippen molar-refractivity contribution >= 4 is 10.8 Å². The maximum absolute atomic E-state index is 9.50. The van der Waals surface area contributed by atoms with Gasteiger partial charge in [-0.15, -0.1) is 0 Å². The van der Waals surface area contributed by atoms with Crippen LogP contribution in [0.1, 0.15) is 31.2 Å². The summed E-state index contributed by atoms with van der Waals surface area (Å²) in [6.45, 7) is 5.71. The largest absolute Gasteiger partial charge is 0.508 e. The van der Waals surface area contributed by atoms with Crippen molar-refractivity contribution in [1.29, 1.82) is 0 Å². The molecule has 0 bridgehead atoms. The maximum Gasteiger partial charge on any atom is 0.127 e. The van der Waals surface area contributed by atoms with Gasteiger partial charge in [-0.3, -0.25) is 4.98 Å². The minimum absolute atomic E-state index is 0.320. The lowest BCUT2D eigenvalue weighted by Crippen LogP contribution is -2.28. The molecule has 1 saturated carbocycles. The minimum atomic E-state index is 0.320. The van der Waals surface area contributed by atoms with E-state index in [4.69, 9.17) is 4.74 Å². The molecule has 4 heteroatoms. The average molecular weight is 389 g/mol. The van der Waals surface area contributed by atoms with E-state index in [2.05, 4.69) is 35.0 Å². The number of aromatic nitrogens is 1. The van der Waals surface area contributed by atoms with Gasteiger partial charge in [-0.1, -0.05) is 31.2 Å². The van der Waals surface area contributed by atoms with Crippen LogP contribution in [0.25, 0.3) is 10.8 Å². The second-order valence-corrected chi connectivity index (χ2v) is 8.80. The third-order valence-electron chi connectivity index (χ3n) is 6.71. The van der Waals surface area contributed by atoms with E-state index in [1.165, 1.54) is 18.7 Å². The number of phenols is 1. The summed E-state index contributed by atoms with van der Waals surface area (Å²) >= 11 is 0. The first-order valence-corrected chi connectivity index (χ1v) is 10.7. The number of hydrogen-bond donors (Lipinski definition) is 1. The highest BCUT2D eigenvalue weighted by atomic mass is 16.5. The van der Waals surface area contributed by atoms with Crippen molar-refractivity contribution in [3.63, 3.8) is 0 Å². The Balaban J connectivity index is 1.18. The van der Waals surface area contributed by atoms with Crippen LogP contribution in [0.5, 0.6) is 11.5 Å². The number of hydrogen-bond acceptors (Lipinski definition) is 4. The van der Waals surface area contributed by atoms with E-state index in [1.54, 1.807) is 12.1 Å². The molecule has 1 aromatic heterocycles. The minimum Gasteiger partial charge on any atom is -0.508 e. The Hall–Kier alpha value is -2.59. The topological polar surface area (TPSA) is 45.6 Å². The third-order valence-corrected chi connectivity index (χ3v) is 6.71. The molecule has 1 aliphatic heterocycles. The van der Waals surface area contributed by atoms with Gasteiger partial charge in [0.15, 0.2) is 0 Å². The smallest absolute Gasteiger partial charge is 0.127 e. The third kappa shape index (κ3) is 3.82. The summed E-state index contributed by atoms with van der Waals surface area (Å²) < 4.78 is 6.45. The van der Waals surface area contributed by atoms with Crippen LogP contribution in [-0.2, 0) is 0 Å². The molecule has 2 aliphatic rings. The lowest BCUT2D eigenvalue weighted by atomic mass is 10.0. The van der Waals surface area contributed by atoms with E-state index >= 15 is 0 Å². The molecule has 4 nitrogen and oxygen atoms in total.